The molecule has 1 heterocycles. The molecule has 0 saturated heterocycles. The van der Waals surface area contributed by atoms with E-state index in [1.54, 1.807) is 18.2 Å². The van der Waals surface area contributed by atoms with E-state index in [1.165, 1.54) is 12.1 Å². The van der Waals surface area contributed by atoms with E-state index in [1.807, 2.05) is 0 Å². The maximum Gasteiger partial charge on any atom is 0.434 e. The van der Waals surface area contributed by atoms with Gasteiger partial charge in [0.25, 0.3) is 0 Å². The maximum atomic E-state index is 13.0. The Hall–Kier alpha value is -2.31. The number of amidine groups is 1. The quantitative estimate of drug-likeness (QED) is 0.637. The normalized spacial score (nSPS) is 11.5. The van der Waals surface area contributed by atoms with Gasteiger partial charge in [-0.1, -0.05) is 18.2 Å². The summed E-state index contributed by atoms with van der Waals surface area (Å²) in [6.07, 6.45) is -3.69. The minimum atomic E-state index is -4.63. The van der Waals surface area contributed by atoms with Crippen LogP contribution in [-0.2, 0) is 6.18 Å². The Morgan fingerprint density at radius 1 is 1.22 bits per heavy atom. The number of rotatable bonds is 2. The van der Waals surface area contributed by atoms with Gasteiger partial charge in [-0.15, -0.1) is 0 Å². The van der Waals surface area contributed by atoms with Gasteiger partial charge in [0.2, 0.25) is 0 Å². The zero-order valence-electron chi connectivity index (χ0n) is 9.07. The van der Waals surface area contributed by atoms with Crippen LogP contribution in [0.25, 0.3) is 5.69 Å². The average molecular weight is 254 g/mol. The van der Waals surface area contributed by atoms with Gasteiger partial charge in [0.1, 0.15) is 5.84 Å². The van der Waals surface area contributed by atoms with Crippen molar-refractivity contribution in [3.8, 4) is 5.69 Å². The second-order valence-corrected chi connectivity index (χ2v) is 3.57. The highest BCUT2D eigenvalue weighted by molar-refractivity contribution is 5.96. The van der Waals surface area contributed by atoms with Crippen molar-refractivity contribution in [2.45, 2.75) is 6.18 Å². The summed E-state index contributed by atoms with van der Waals surface area (Å²) in [5.41, 5.74) is 3.93. The second kappa shape index (κ2) is 4.17. The average Bonchev–Trinajstić information content (AvgIpc) is 2.74. The summed E-state index contributed by atoms with van der Waals surface area (Å²) in [4.78, 5) is 0. The van der Waals surface area contributed by atoms with Crippen LogP contribution in [0.2, 0.25) is 0 Å². The molecule has 18 heavy (non-hydrogen) atoms. The van der Waals surface area contributed by atoms with Gasteiger partial charge >= 0.3 is 6.18 Å². The topological polar surface area (TPSA) is 67.7 Å². The fraction of sp³-hybridized carbons (Fsp3) is 0.0909. The van der Waals surface area contributed by atoms with E-state index in [-0.39, 0.29) is 5.69 Å². The van der Waals surface area contributed by atoms with Crippen molar-refractivity contribution in [1.82, 2.24) is 9.78 Å². The molecule has 0 bridgehead atoms. The first-order valence-electron chi connectivity index (χ1n) is 4.96. The Morgan fingerprint density at radius 2 is 1.83 bits per heavy atom. The summed E-state index contributed by atoms with van der Waals surface area (Å²) in [6, 6.07) is 7.87. The van der Waals surface area contributed by atoms with E-state index in [4.69, 9.17) is 11.1 Å². The maximum absolute atomic E-state index is 13.0. The number of nitrogens with zero attached hydrogens (tertiary/aromatic N) is 2. The van der Waals surface area contributed by atoms with Crippen molar-refractivity contribution in [1.29, 1.82) is 5.41 Å². The minimum Gasteiger partial charge on any atom is -0.384 e. The highest BCUT2D eigenvalue weighted by atomic mass is 19.4. The SMILES string of the molecule is N=C(N)c1cnn(-c2ccccc2)c1C(F)(F)F. The monoisotopic (exact) mass is 254 g/mol. The largest absolute Gasteiger partial charge is 0.434 e. The lowest BCUT2D eigenvalue weighted by Crippen LogP contribution is -2.20. The first-order valence-corrected chi connectivity index (χ1v) is 4.96. The molecule has 2 aromatic rings. The molecule has 3 N–H and O–H groups in total. The molecule has 1 aromatic carbocycles. The van der Waals surface area contributed by atoms with Crippen molar-refractivity contribution in [3.05, 3.63) is 47.8 Å². The van der Waals surface area contributed by atoms with Crippen LogP contribution in [0.1, 0.15) is 11.3 Å². The van der Waals surface area contributed by atoms with Crippen molar-refractivity contribution in [2.24, 2.45) is 5.73 Å². The Bertz CT molecular complexity index is 572. The molecule has 0 aliphatic carbocycles. The first-order chi connectivity index (χ1) is 8.41. The van der Waals surface area contributed by atoms with E-state index in [0.29, 0.717) is 0 Å². The molecule has 0 amide bonds. The summed E-state index contributed by atoms with van der Waals surface area (Å²) in [5, 5.41) is 10.8. The smallest absolute Gasteiger partial charge is 0.384 e. The Labute approximate surface area is 100 Å². The molecule has 0 aliphatic rings. The van der Waals surface area contributed by atoms with Crippen LogP contribution in [0.15, 0.2) is 36.5 Å². The fourth-order valence-electron chi connectivity index (χ4n) is 1.58. The zero-order valence-corrected chi connectivity index (χ0v) is 9.07. The molecule has 0 radical (unpaired) electrons. The standard InChI is InChI=1S/C11H9F3N4/c12-11(13,14)9-8(10(15)16)6-17-18(9)7-4-2-1-3-5-7/h1-6H,(H3,15,16). The minimum absolute atomic E-state index is 0.261. The summed E-state index contributed by atoms with van der Waals surface area (Å²) in [6.45, 7) is 0. The van der Waals surface area contributed by atoms with Crippen molar-refractivity contribution < 1.29 is 13.2 Å². The summed E-state index contributed by atoms with van der Waals surface area (Å²) in [7, 11) is 0. The van der Waals surface area contributed by atoms with Gasteiger partial charge in [-0.2, -0.15) is 18.3 Å². The van der Waals surface area contributed by atoms with Crippen molar-refractivity contribution in [3.63, 3.8) is 0 Å². The summed E-state index contributed by atoms with van der Waals surface area (Å²) < 4.78 is 39.7. The number of benzene rings is 1. The lowest BCUT2D eigenvalue weighted by Gasteiger charge is -2.12. The number of hydrogen-bond donors (Lipinski definition) is 2. The highest BCUT2D eigenvalue weighted by Crippen LogP contribution is 2.33. The van der Waals surface area contributed by atoms with Crippen LogP contribution < -0.4 is 5.73 Å². The molecule has 0 unspecified atom stereocenters. The number of hydrogen-bond acceptors (Lipinski definition) is 2. The van der Waals surface area contributed by atoms with Crippen LogP contribution in [-0.4, -0.2) is 15.6 Å². The van der Waals surface area contributed by atoms with Crippen molar-refractivity contribution in [2.75, 3.05) is 0 Å². The van der Waals surface area contributed by atoms with Gasteiger partial charge in [-0.05, 0) is 12.1 Å². The molecule has 4 nitrogen and oxygen atoms in total. The lowest BCUT2D eigenvalue weighted by molar-refractivity contribution is -0.142. The molecule has 7 heteroatoms. The lowest BCUT2D eigenvalue weighted by atomic mass is 10.2. The molecule has 0 spiro atoms. The van der Waals surface area contributed by atoms with Crippen LogP contribution in [0, 0.1) is 5.41 Å². The number of nitrogen functional groups attached to an aromatic ring is 1. The van der Waals surface area contributed by atoms with E-state index in [2.05, 4.69) is 5.10 Å². The van der Waals surface area contributed by atoms with Gasteiger partial charge in [-0.3, -0.25) is 5.41 Å². The van der Waals surface area contributed by atoms with Crippen LogP contribution in [0.4, 0.5) is 13.2 Å². The Kier molecular flexibility index (Phi) is 2.82. The Morgan fingerprint density at radius 3 is 2.33 bits per heavy atom. The number of nitrogens with one attached hydrogen (secondary N) is 1. The molecule has 94 valence electrons. The number of nitrogens with two attached hydrogens (primary N) is 1. The van der Waals surface area contributed by atoms with Crippen LogP contribution in [0.3, 0.4) is 0 Å². The summed E-state index contributed by atoms with van der Waals surface area (Å²) >= 11 is 0. The predicted octanol–water partition coefficient (Wildman–Crippen LogP) is 2.18. The Balaban J connectivity index is 2.67. The highest BCUT2D eigenvalue weighted by Gasteiger charge is 2.39. The van der Waals surface area contributed by atoms with Gasteiger partial charge in [0.05, 0.1) is 17.4 Å². The number of aromatic nitrogens is 2. The predicted molar refractivity (Wildman–Crippen MR) is 59.6 cm³/mol. The molecule has 0 aliphatic heterocycles. The number of halogens is 3. The number of alkyl halides is 3. The second-order valence-electron chi connectivity index (χ2n) is 3.57. The van der Waals surface area contributed by atoms with Crippen molar-refractivity contribution >= 4 is 5.84 Å². The molecule has 0 saturated carbocycles. The van der Waals surface area contributed by atoms with Gasteiger partial charge in [-0.25, -0.2) is 4.68 Å². The van der Waals surface area contributed by atoms with Gasteiger partial charge < -0.3 is 5.73 Å². The van der Waals surface area contributed by atoms with Gasteiger partial charge in [0, 0.05) is 0 Å². The third-order valence-electron chi connectivity index (χ3n) is 2.33. The molecule has 1 aromatic heterocycles. The molecule has 0 atom stereocenters. The van der Waals surface area contributed by atoms with E-state index in [0.717, 1.165) is 10.9 Å². The number of para-hydroxylation sites is 1. The summed E-state index contributed by atoms with van der Waals surface area (Å²) in [5.74, 6) is -0.662. The van der Waals surface area contributed by atoms with E-state index < -0.39 is 23.3 Å². The molecular formula is C11H9F3N4. The van der Waals surface area contributed by atoms with E-state index >= 15 is 0 Å². The zero-order chi connectivity index (χ0) is 13.3. The van der Waals surface area contributed by atoms with Crippen LogP contribution >= 0.6 is 0 Å². The van der Waals surface area contributed by atoms with Crippen LogP contribution in [0.5, 0.6) is 0 Å². The third kappa shape index (κ3) is 2.06. The first kappa shape index (κ1) is 12.2. The van der Waals surface area contributed by atoms with Gasteiger partial charge in [0.15, 0.2) is 5.69 Å². The molecular weight excluding hydrogens is 245 g/mol. The molecule has 0 fully saturated rings. The fourth-order valence-corrected chi connectivity index (χ4v) is 1.58. The molecule has 2 rings (SSSR count). The third-order valence-corrected chi connectivity index (χ3v) is 2.33. The van der Waals surface area contributed by atoms with E-state index in [9.17, 15) is 13.2 Å².